The molecule has 0 unspecified atom stereocenters. The van der Waals surface area contributed by atoms with Gasteiger partial charge in [0.2, 0.25) is 0 Å². The highest BCUT2D eigenvalue weighted by molar-refractivity contribution is 9.10. The topological polar surface area (TPSA) is 42.9 Å². The third-order valence-corrected chi connectivity index (χ3v) is 3.04. The molecule has 0 radical (unpaired) electrons. The highest BCUT2D eigenvalue weighted by atomic mass is 79.9. The number of pyridine rings is 1. The molecule has 0 spiro atoms. The molecule has 0 saturated carbocycles. The Bertz CT molecular complexity index is 470. The Morgan fingerprint density at radius 1 is 1.47 bits per heavy atom. The lowest BCUT2D eigenvalue weighted by Crippen LogP contribution is -2.03. The van der Waals surface area contributed by atoms with Gasteiger partial charge in [-0.05, 0) is 22.0 Å². The second-order valence-electron chi connectivity index (χ2n) is 2.92. The van der Waals surface area contributed by atoms with Crippen molar-refractivity contribution in [1.82, 2.24) is 9.97 Å². The van der Waals surface area contributed by atoms with Gasteiger partial charge in [0.1, 0.15) is 5.01 Å². The fraction of sp³-hybridized carbons (Fsp3) is 0.100. The quantitative estimate of drug-likeness (QED) is 0.813. The maximum Gasteiger partial charge on any atom is 0.171 e. The minimum Gasteiger partial charge on any atom is -0.294 e. The van der Waals surface area contributed by atoms with E-state index in [1.54, 1.807) is 24.7 Å². The SMILES string of the molecule is O=C(Cc1nccs1)c1cncc(Br)c1. The van der Waals surface area contributed by atoms with E-state index in [2.05, 4.69) is 25.9 Å². The number of carbonyl (C=O) groups excluding carboxylic acids is 1. The van der Waals surface area contributed by atoms with Crippen molar-refractivity contribution in [3.63, 3.8) is 0 Å². The van der Waals surface area contributed by atoms with Crippen LogP contribution >= 0.6 is 27.3 Å². The summed E-state index contributed by atoms with van der Waals surface area (Å²) in [6.45, 7) is 0. The zero-order chi connectivity index (χ0) is 10.7. The summed E-state index contributed by atoms with van der Waals surface area (Å²) in [7, 11) is 0. The molecule has 2 aromatic rings. The maximum absolute atomic E-state index is 11.8. The number of hydrogen-bond acceptors (Lipinski definition) is 4. The van der Waals surface area contributed by atoms with E-state index in [-0.39, 0.29) is 5.78 Å². The van der Waals surface area contributed by atoms with Crippen molar-refractivity contribution in [3.05, 3.63) is 45.1 Å². The van der Waals surface area contributed by atoms with Crippen LogP contribution in [0.15, 0.2) is 34.5 Å². The number of rotatable bonds is 3. The molecular formula is C10H7BrN2OS. The van der Waals surface area contributed by atoms with Crippen LogP contribution in [0.25, 0.3) is 0 Å². The molecule has 0 N–H and O–H groups in total. The summed E-state index contributed by atoms with van der Waals surface area (Å²) in [4.78, 5) is 19.8. The van der Waals surface area contributed by atoms with Gasteiger partial charge in [0.25, 0.3) is 0 Å². The summed E-state index contributed by atoms with van der Waals surface area (Å²) < 4.78 is 0.812. The summed E-state index contributed by atoms with van der Waals surface area (Å²) in [5.74, 6) is 0.0405. The number of halogens is 1. The van der Waals surface area contributed by atoms with Gasteiger partial charge in [0, 0.05) is 34.0 Å². The van der Waals surface area contributed by atoms with Crippen molar-refractivity contribution in [2.45, 2.75) is 6.42 Å². The molecule has 3 nitrogen and oxygen atoms in total. The molecule has 2 heterocycles. The van der Waals surface area contributed by atoms with Gasteiger partial charge in [0.15, 0.2) is 5.78 Å². The fourth-order valence-electron chi connectivity index (χ4n) is 1.14. The van der Waals surface area contributed by atoms with E-state index in [9.17, 15) is 4.79 Å². The lowest BCUT2D eigenvalue weighted by atomic mass is 10.1. The van der Waals surface area contributed by atoms with Gasteiger partial charge >= 0.3 is 0 Å². The van der Waals surface area contributed by atoms with Crippen LogP contribution in [-0.2, 0) is 6.42 Å². The third kappa shape index (κ3) is 2.70. The first-order valence-electron chi connectivity index (χ1n) is 4.28. The molecular weight excluding hydrogens is 276 g/mol. The molecule has 0 fully saturated rings. The number of carbonyl (C=O) groups is 1. The zero-order valence-corrected chi connectivity index (χ0v) is 10.1. The molecule has 0 aliphatic heterocycles. The summed E-state index contributed by atoms with van der Waals surface area (Å²) in [5, 5.41) is 2.70. The van der Waals surface area contributed by atoms with Crippen LogP contribution in [0, 0.1) is 0 Å². The maximum atomic E-state index is 11.8. The monoisotopic (exact) mass is 282 g/mol. The first kappa shape index (κ1) is 10.4. The van der Waals surface area contributed by atoms with Gasteiger partial charge in [-0.25, -0.2) is 4.98 Å². The van der Waals surface area contributed by atoms with E-state index < -0.39 is 0 Å². The summed E-state index contributed by atoms with van der Waals surface area (Å²) in [6, 6.07) is 1.77. The minimum atomic E-state index is 0.0405. The number of Topliss-reactive ketones (excluding diaryl/α,β-unsaturated/α-hetero) is 1. The summed E-state index contributed by atoms with van der Waals surface area (Å²) >= 11 is 4.77. The number of ketones is 1. The zero-order valence-electron chi connectivity index (χ0n) is 7.68. The lowest BCUT2D eigenvalue weighted by molar-refractivity contribution is 0.0992. The van der Waals surface area contributed by atoms with E-state index in [4.69, 9.17) is 0 Å². The van der Waals surface area contributed by atoms with E-state index in [1.807, 2.05) is 5.38 Å². The van der Waals surface area contributed by atoms with Gasteiger partial charge < -0.3 is 0 Å². The fourth-order valence-corrected chi connectivity index (χ4v) is 2.12. The molecule has 0 saturated heterocycles. The number of nitrogens with zero attached hydrogens (tertiary/aromatic N) is 2. The van der Waals surface area contributed by atoms with Crippen molar-refractivity contribution >= 4 is 33.0 Å². The molecule has 5 heteroatoms. The Kier molecular flexibility index (Phi) is 3.23. The van der Waals surface area contributed by atoms with Crippen LogP contribution in [0.1, 0.15) is 15.4 Å². The molecule has 76 valence electrons. The van der Waals surface area contributed by atoms with Crippen molar-refractivity contribution in [2.75, 3.05) is 0 Å². The Morgan fingerprint density at radius 2 is 2.33 bits per heavy atom. The third-order valence-electron chi connectivity index (χ3n) is 1.82. The largest absolute Gasteiger partial charge is 0.294 e. The van der Waals surface area contributed by atoms with Crippen LogP contribution < -0.4 is 0 Å². The highest BCUT2D eigenvalue weighted by Gasteiger charge is 2.09. The lowest BCUT2D eigenvalue weighted by Gasteiger charge is -1.98. The molecule has 2 aromatic heterocycles. The molecule has 0 aliphatic carbocycles. The molecule has 0 amide bonds. The standard InChI is InChI=1S/C10H7BrN2OS/c11-8-3-7(5-12-6-8)9(14)4-10-13-1-2-15-10/h1-3,5-6H,4H2. The first-order chi connectivity index (χ1) is 7.25. The van der Waals surface area contributed by atoms with Gasteiger partial charge in [-0.3, -0.25) is 9.78 Å². The van der Waals surface area contributed by atoms with Crippen LogP contribution in [0.3, 0.4) is 0 Å². The summed E-state index contributed by atoms with van der Waals surface area (Å²) in [6.07, 6.45) is 5.27. The number of hydrogen-bond donors (Lipinski definition) is 0. The minimum absolute atomic E-state index is 0.0405. The normalized spacial score (nSPS) is 10.2. The Morgan fingerprint density at radius 3 is 3.00 bits per heavy atom. The van der Waals surface area contributed by atoms with E-state index >= 15 is 0 Å². The average molecular weight is 283 g/mol. The van der Waals surface area contributed by atoms with Crippen LogP contribution in [0.2, 0.25) is 0 Å². The van der Waals surface area contributed by atoms with Crippen LogP contribution in [0.4, 0.5) is 0 Å². The molecule has 0 aromatic carbocycles. The molecule has 2 rings (SSSR count). The van der Waals surface area contributed by atoms with E-state index in [0.29, 0.717) is 12.0 Å². The van der Waals surface area contributed by atoms with Gasteiger partial charge in [-0.2, -0.15) is 0 Å². The van der Waals surface area contributed by atoms with Gasteiger partial charge in [-0.15, -0.1) is 11.3 Å². The predicted molar refractivity (Wildman–Crippen MR) is 62.1 cm³/mol. The van der Waals surface area contributed by atoms with Crippen molar-refractivity contribution < 1.29 is 4.79 Å². The van der Waals surface area contributed by atoms with Crippen molar-refractivity contribution in [1.29, 1.82) is 0 Å². The van der Waals surface area contributed by atoms with Gasteiger partial charge in [0.05, 0.1) is 6.42 Å². The number of aromatic nitrogens is 2. The predicted octanol–water partition coefficient (Wildman–Crippen LogP) is 2.73. The van der Waals surface area contributed by atoms with Gasteiger partial charge in [-0.1, -0.05) is 0 Å². The van der Waals surface area contributed by atoms with Crippen LogP contribution in [-0.4, -0.2) is 15.8 Å². The smallest absolute Gasteiger partial charge is 0.171 e. The van der Waals surface area contributed by atoms with E-state index in [1.165, 1.54) is 11.3 Å². The Labute approximate surface area is 99.3 Å². The van der Waals surface area contributed by atoms with E-state index in [0.717, 1.165) is 9.48 Å². The Balaban J connectivity index is 2.15. The highest BCUT2D eigenvalue weighted by Crippen LogP contribution is 2.13. The van der Waals surface area contributed by atoms with Crippen molar-refractivity contribution in [2.24, 2.45) is 0 Å². The number of thiazole rings is 1. The Hall–Kier alpha value is -1.07. The second kappa shape index (κ2) is 4.63. The molecule has 0 bridgehead atoms. The molecule has 15 heavy (non-hydrogen) atoms. The average Bonchev–Trinajstić information content (AvgIpc) is 2.70. The summed E-state index contributed by atoms with van der Waals surface area (Å²) in [5.41, 5.74) is 0.611. The molecule has 0 aliphatic rings. The van der Waals surface area contributed by atoms with Crippen molar-refractivity contribution in [3.8, 4) is 0 Å². The van der Waals surface area contributed by atoms with Crippen LogP contribution in [0.5, 0.6) is 0 Å². The molecule has 0 atom stereocenters. The second-order valence-corrected chi connectivity index (χ2v) is 4.81. The first-order valence-corrected chi connectivity index (χ1v) is 5.95.